The third kappa shape index (κ3) is 5.73. The quantitative estimate of drug-likeness (QED) is 0.293. The van der Waals surface area contributed by atoms with Crippen LogP contribution in [0, 0.1) is 11.8 Å². The van der Waals surface area contributed by atoms with Gasteiger partial charge in [-0.1, -0.05) is 18.1 Å². The van der Waals surface area contributed by atoms with Gasteiger partial charge in [0, 0.05) is 32.7 Å². The van der Waals surface area contributed by atoms with Gasteiger partial charge in [0.05, 0.1) is 18.7 Å². The van der Waals surface area contributed by atoms with Crippen molar-refractivity contribution in [3.8, 4) is 17.6 Å². The van der Waals surface area contributed by atoms with Gasteiger partial charge in [-0.05, 0) is 38.8 Å². The molecule has 2 aromatic heterocycles. The van der Waals surface area contributed by atoms with Crippen molar-refractivity contribution in [3.63, 3.8) is 0 Å². The Labute approximate surface area is 225 Å². The molecule has 3 N–H and O–H groups in total. The number of nitrogens with zero attached hydrogens (tertiary/aromatic N) is 5. The van der Waals surface area contributed by atoms with Crippen molar-refractivity contribution < 1.29 is 14.3 Å². The first-order valence-corrected chi connectivity index (χ1v) is 12.9. The third-order valence-corrected chi connectivity index (χ3v) is 6.59. The lowest BCUT2D eigenvalue weighted by Gasteiger charge is -2.31. The fourth-order valence-corrected chi connectivity index (χ4v) is 4.68. The van der Waals surface area contributed by atoms with Crippen LogP contribution in [0.5, 0.6) is 5.75 Å². The predicted octanol–water partition coefficient (Wildman–Crippen LogP) is 0.245. The maximum atomic E-state index is 13.7. The van der Waals surface area contributed by atoms with Crippen molar-refractivity contribution in [1.29, 1.82) is 0 Å². The molecule has 39 heavy (non-hydrogen) atoms. The number of hydrogen-bond donors (Lipinski definition) is 2. The first-order valence-electron chi connectivity index (χ1n) is 12.9. The molecule has 1 atom stereocenters. The minimum atomic E-state index is -0.672. The number of Topliss-reactive ketones (excluding diaryl/α,β-unsaturated/α-hetero) is 1. The number of carbonyl (C=O) groups excluding carboxylic acids is 2. The standard InChI is InChI=1S/C27H33N7O5/c1-4-6-14-33-23-24(30-26(33)32-13-9-10-18(28)15-32)31(3)27(38)34(25(23)37)16-20(35)19-11-7-8-12-21(19)39-17-22(36)29-5-2/h7-8,11-12,18H,5,9-10,13-17,28H2,1-3H3,(H,29,36). The Bertz CT molecular complexity index is 1570. The number of rotatable bonds is 9. The molecule has 12 nitrogen and oxygen atoms in total. The highest BCUT2D eigenvalue weighted by Crippen LogP contribution is 2.23. The van der Waals surface area contributed by atoms with Gasteiger partial charge in [0.15, 0.2) is 23.6 Å². The second kappa shape index (κ2) is 12.0. The second-order valence-electron chi connectivity index (χ2n) is 9.34. The van der Waals surface area contributed by atoms with E-state index in [1.807, 2.05) is 4.90 Å². The molecule has 3 heterocycles. The molecular formula is C27H33N7O5. The molecule has 1 unspecified atom stereocenters. The van der Waals surface area contributed by atoms with Crippen LogP contribution in [0.1, 0.15) is 37.0 Å². The molecule has 0 saturated carbocycles. The van der Waals surface area contributed by atoms with Crippen LogP contribution in [0.15, 0.2) is 33.9 Å². The number of piperidine rings is 1. The van der Waals surface area contributed by atoms with E-state index in [1.54, 1.807) is 36.6 Å². The van der Waals surface area contributed by atoms with Crippen LogP contribution < -0.4 is 31.9 Å². The molecular weight excluding hydrogens is 502 g/mol. The van der Waals surface area contributed by atoms with Gasteiger partial charge in [0.2, 0.25) is 5.95 Å². The highest BCUT2D eigenvalue weighted by molar-refractivity contribution is 5.98. The zero-order valence-electron chi connectivity index (χ0n) is 22.4. The number of fused-ring (bicyclic) bond motifs is 1. The average Bonchev–Trinajstić information content (AvgIpc) is 3.32. The van der Waals surface area contributed by atoms with Gasteiger partial charge in [-0.25, -0.2) is 4.79 Å². The van der Waals surface area contributed by atoms with E-state index in [-0.39, 0.29) is 47.6 Å². The normalized spacial score (nSPS) is 15.1. The Kier molecular flexibility index (Phi) is 8.51. The summed E-state index contributed by atoms with van der Waals surface area (Å²) in [5.41, 5.74) is 5.44. The molecule has 1 aliphatic heterocycles. The van der Waals surface area contributed by atoms with Crippen LogP contribution in [-0.4, -0.2) is 62.7 Å². The molecule has 1 saturated heterocycles. The fraction of sp³-hybridized carbons (Fsp3) is 0.444. The van der Waals surface area contributed by atoms with E-state index >= 15 is 0 Å². The predicted molar refractivity (Wildman–Crippen MR) is 147 cm³/mol. The first-order chi connectivity index (χ1) is 18.8. The maximum absolute atomic E-state index is 13.7. The third-order valence-electron chi connectivity index (χ3n) is 6.59. The molecule has 1 aromatic carbocycles. The van der Waals surface area contributed by atoms with E-state index in [1.165, 1.54) is 17.7 Å². The molecule has 1 amide bonds. The number of benzene rings is 1. The zero-order valence-corrected chi connectivity index (χ0v) is 22.4. The Morgan fingerprint density at radius 3 is 2.72 bits per heavy atom. The highest BCUT2D eigenvalue weighted by atomic mass is 16.5. The van der Waals surface area contributed by atoms with Gasteiger partial charge < -0.3 is 20.7 Å². The molecule has 1 fully saturated rings. The van der Waals surface area contributed by atoms with E-state index in [4.69, 9.17) is 10.5 Å². The van der Waals surface area contributed by atoms with E-state index in [2.05, 4.69) is 22.1 Å². The van der Waals surface area contributed by atoms with Crippen molar-refractivity contribution in [3.05, 3.63) is 50.7 Å². The largest absolute Gasteiger partial charge is 0.483 e. The Morgan fingerprint density at radius 1 is 1.23 bits per heavy atom. The van der Waals surface area contributed by atoms with Crippen molar-refractivity contribution in [2.75, 3.05) is 31.1 Å². The van der Waals surface area contributed by atoms with Gasteiger partial charge in [0.25, 0.3) is 11.5 Å². The minimum absolute atomic E-state index is 0.0299. The van der Waals surface area contributed by atoms with Crippen LogP contribution in [0.2, 0.25) is 0 Å². The summed E-state index contributed by atoms with van der Waals surface area (Å²) in [6, 6.07) is 6.37. The van der Waals surface area contributed by atoms with Crippen LogP contribution in [-0.2, 0) is 24.9 Å². The monoisotopic (exact) mass is 535 g/mol. The number of anilines is 1. The van der Waals surface area contributed by atoms with Gasteiger partial charge in [0.1, 0.15) is 5.75 Å². The number of likely N-dealkylation sites (N-methyl/N-ethyl adjacent to an activating group) is 1. The number of imidazole rings is 1. The van der Waals surface area contributed by atoms with Gasteiger partial charge in [-0.2, -0.15) is 4.98 Å². The van der Waals surface area contributed by atoms with Crippen molar-refractivity contribution in [2.24, 2.45) is 12.8 Å². The smallest absolute Gasteiger partial charge is 0.332 e. The molecule has 0 radical (unpaired) electrons. The number of hydrogen-bond acceptors (Lipinski definition) is 8. The number of ketones is 1. The summed E-state index contributed by atoms with van der Waals surface area (Å²) >= 11 is 0. The maximum Gasteiger partial charge on any atom is 0.332 e. The average molecular weight is 536 g/mol. The van der Waals surface area contributed by atoms with Gasteiger partial charge >= 0.3 is 5.69 Å². The van der Waals surface area contributed by atoms with Crippen LogP contribution in [0.4, 0.5) is 5.95 Å². The number of ether oxygens (including phenoxy) is 1. The molecule has 206 valence electrons. The number of para-hydroxylation sites is 1. The van der Waals surface area contributed by atoms with Crippen molar-refractivity contribution >= 4 is 28.8 Å². The molecule has 3 aromatic rings. The lowest BCUT2D eigenvalue weighted by molar-refractivity contribution is -0.123. The number of carbonyl (C=O) groups is 2. The SMILES string of the molecule is CC#CCn1c(N2CCCC(N)C2)nc2c1c(=O)n(CC(=O)c1ccccc1OCC(=O)NCC)c(=O)n2C. The Morgan fingerprint density at radius 2 is 2.00 bits per heavy atom. The topological polar surface area (TPSA) is 146 Å². The van der Waals surface area contributed by atoms with Gasteiger partial charge in [-0.3, -0.25) is 28.1 Å². The Hall–Kier alpha value is -4.37. The number of aromatic nitrogens is 4. The number of nitrogens with one attached hydrogen (secondary N) is 1. The van der Waals surface area contributed by atoms with E-state index in [9.17, 15) is 19.2 Å². The zero-order chi connectivity index (χ0) is 28.1. The van der Waals surface area contributed by atoms with E-state index in [0.29, 0.717) is 25.6 Å². The summed E-state index contributed by atoms with van der Waals surface area (Å²) in [4.78, 5) is 58.9. The highest BCUT2D eigenvalue weighted by Gasteiger charge is 2.27. The lowest BCUT2D eigenvalue weighted by Crippen LogP contribution is -2.44. The second-order valence-corrected chi connectivity index (χ2v) is 9.34. The van der Waals surface area contributed by atoms with Crippen LogP contribution >= 0.6 is 0 Å². The molecule has 0 bridgehead atoms. The summed E-state index contributed by atoms with van der Waals surface area (Å²) in [5, 5.41) is 2.62. The minimum Gasteiger partial charge on any atom is -0.483 e. The number of nitrogens with two attached hydrogens (primary N) is 1. The molecule has 12 heteroatoms. The number of amides is 1. The van der Waals surface area contributed by atoms with Crippen molar-refractivity contribution in [1.82, 2.24) is 24.0 Å². The summed E-state index contributed by atoms with van der Waals surface area (Å²) in [5.74, 6) is 5.69. The summed E-state index contributed by atoms with van der Waals surface area (Å²) in [7, 11) is 1.52. The molecule has 1 aliphatic rings. The fourth-order valence-electron chi connectivity index (χ4n) is 4.68. The number of aryl methyl sites for hydroxylation is 1. The van der Waals surface area contributed by atoms with Crippen LogP contribution in [0.25, 0.3) is 11.2 Å². The molecule has 4 rings (SSSR count). The van der Waals surface area contributed by atoms with Crippen molar-refractivity contribution in [2.45, 2.75) is 45.8 Å². The summed E-state index contributed by atoms with van der Waals surface area (Å²) in [6.45, 7) is 4.62. The summed E-state index contributed by atoms with van der Waals surface area (Å²) in [6.07, 6.45) is 1.77. The summed E-state index contributed by atoms with van der Waals surface area (Å²) < 4.78 is 9.42. The Balaban J connectivity index is 1.76. The lowest BCUT2D eigenvalue weighted by atomic mass is 10.1. The molecule has 0 spiro atoms. The van der Waals surface area contributed by atoms with Crippen LogP contribution in [0.3, 0.4) is 0 Å². The van der Waals surface area contributed by atoms with Gasteiger partial charge in [-0.15, -0.1) is 5.92 Å². The van der Waals surface area contributed by atoms with E-state index in [0.717, 1.165) is 17.4 Å². The van der Waals surface area contributed by atoms with E-state index < -0.39 is 23.6 Å². The molecule has 0 aliphatic carbocycles. The first kappa shape index (κ1) is 27.7.